The number of hydrogen-bond acceptors (Lipinski definition) is 3. The number of alkyl halides is 3. The summed E-state index contributed by atoms with van der Waals surface area (Å²) in [7, 11) is 0. The molecule has 3 atom stereocenters. The van der Waals surface area contributed by atoms with Gasteiger partial charge < -0.3 is 26.0 Å². The van der Waals surface area contributed by atoms with Crippen molar-refractivity contribution in [3.8, 4) is 0 Å². The molecule has 0 heterocycles. The van der Waals surface area contributed by atoms with E-state index in [4.69, 9.17) is 10.2 Å². The second-order valence-electron chi connectivity index (χ2n) is 5.96. The molecule has 0 saturated heterocycles. The van der Waals surface area contributed by atoms with E-state index in [1.54, 1.807) is 0 Å². The first kappa shape index (κ1) is 18.8. The fourth-order valence-electron chi connectivity index (χ4n) is 3.09. The van der Waals surface area contributed by atoms with Crippen LogP contribution in [-0.4, -0.2) is 39.6 Å². The second-order valence-corrected chi connectivity index (χ2v) is 5.96. The highest BCUT2D eigenvalue weighted by Crippen LogP contribution is 2.39. The summed E-state index contributed by atoms with van der Waals surface area (Å²) in [4.78, 5) is 21.7. The van der Waals surface area contributed by atoms with Crippen LogP contribution in [-0.2, 0) is 11.8 Å². The number of carboxylic acid groups (broad SMARTS) is 2. The van der Waals surface area contributed by atoms with Crippen molar-refractivity contribution in [2.45, 2.75) is 43.1 Å². The van der Waals surface area contributed by atoms with Gasteiger partial charge in [-0.05, 0) is 30.5 Å². The van der Waals surface area contributed by atoms with Gasteiger partial charge in [-0.1, -0.05) is 12.1 Å². The summed E-state index contributed by atoms with van der Waals surface area (Å²) >= 11 is 0. The van der Waals surface area contributed by atoms with Crippen molar-refractivity contribution in [3.63, 3.8) is 0 Å². The molecule has 0 bridgehead atoms. The van der Waals surface area contributed by atoms with E-state index in [1.807, 2.05) is 0 Å². The van der Waals surface area contributed by atoms with Crippen LogP contribution in [0.25, 0.3) is 0 Å². The molecule has 1 aliphatic rings. The zero-order valence-electron chi connectivity index (χ0n) is 12.9. The Labute approximate surface area is 140 Å². The van der Waals surface area contributed by atoms with Crippen LogP contribution in [0, 0.1) is 0 Å². The Bertz CT molecular complexity index is 667. The Hall–Kier alpha value is -2.49. The molecular weight excluding hydrogens is 345 g/mol. The molecule has 2 rings (SSSR count). The molecule has 0 aromatic heterocycles. The largest absolute Gasteiger partial charge is 0.465 e. The van der Waals surface area contributed by atoms with Gasteiger partial charge in [0, 0.05) is 6.42 Å². The van der Waals surface area contributed by atoms with Gasteiger partial charge in [-0.15, -0.1) is 0 Å². The van der Waals surface area contributed by atoms with Crippen molar-refractivity contribution < 1.29 is 38.1 Å². The third-order valence-corrected chi connectivity index (χ3v) is 4.26. The minimum Gasteiger partial charge on any atom is -0.465 e. The molecule has 0 aliphatic heterocycles. The van der Waals surface area contributed by atoms with Crippen LogP contribution >= 0.6 is 0 Å². The fourth-order valence-corrected chi connectivity index (χ4v) is 3.09. The summed E-state index contributed by atoms with van der Waals surface area (Å²) < 4.78 is 38.6. The zero-order chi connectivity index (χ0) is 18.8. The molecule has 0 radical (unpaired) electrons. The number of hydrogen-bond donors (Lipinski definition) is 5. The first-order valence-electron chi connectivity index (χ1n) is 7.40. The number of halogens is 3. The lowest BCUT2D eigenvalue weighted by molar-refractivity contribution is -0.137. The molecule has 7 nitrogen and oxygen atoms in total. The SMILES string of the molecule is O=C(O)N[C@H]1CC[C@](O)(c2cccc(C(F)(F)F)c2)C[C@@H]1NC(=O)O. The van der Waals surface area contributed by atoms with Gasteiger partial charge in [0.15, 0.2) is 0 Å². The van der Waals surface area contributed by atoms with Crippen LogP contribution in [0.15, 0.2) is 24.3 Å². The monoisotopic (exact) mass is 362 g/mol. The lowest BCUT2D eigenvalue weighted by Crippen LogP contribution is -2.57. The predicted molar refractivity (Wildman–Crippen MR) is 79.1 cm³/mol. The van der Waals surface area contributed by atoms with Gasteiger partial charge in [0.2, 0.25) is 0 Å². The lowest BCUT2D eigenvalue weighted by atomic mass is 9.74. The standard InChI is InChI=1S/C15H17F3N2O5/c16-15(17,18)9-3-1-2-8(6-9)14(25)5-4-10(19-12(21)22)11(7-14)20-13(23)24/h1-3,6,10-11,19-20,25H,4-5,7H2,(H,21,22)(H,23,24)/t10-,11-,14+/m0/s1. The molecule has 1 saturated carbocycles. The number of amides is 2. The summed E-state index contributed by atoms with van der Waals surface area (Å²) in [5, 5.41) is 32.8. The highest BCUT2D eigenvalue weighted by molar-refractivity contribution is 5.67. The van der Waals surface area contributed by atoms with Crippen LogP contribution in [0.5, 0.6) is 0 Å². The van der Waals surface area contributed by atoms with Crippen molar-refractivity contribution in [2.24, 2.45) is 0 Å². The van der Waals surface area contributed by atoms with E-state index in [2.05, 4.69) is 10.6 Å². The first-order valence-corrected chi connectivity index (χ1v) is 7.40. The van der Waals surface area contributed by atoms with E-state index >= 15 is 0 Å². The van der Waals surface area contributed by atoms with Gasteiger partial charge in [0.05, 0.1) is 23.2 Å². The van der Waals surface area contributed by atoms with Crippen LogP contribution in [0.2, 0.25) is 0 Å². The number of benzene rings is 1. The molecule has 2 amide bonds. The van der Waals surface area contributed by atoms with Crippen molar-refractivity contribution in [2.75, 3.05) is 0 Å². The van der Waals surface area contributed by atoms with Crippen LogP contribution in [0.4, 0.5) is 22.8 Å². The molecule has 0 spiro atoms. The Morgan fingerprint density at radius 2 is 1.72 bits per heavy atom. The average Bonchev–Trinajstić information content (AvgIpc) is 2.48. The lowest BCUT2D eigenvalue weighted by Gasteiger charge is -2.41. The molecule has 10 heteroatoms. The maximum absolute atomic E-state index is 12.9. The molecule has 5 N–H and O–H groups in total. The van der Waals surface area contributed by atoms with Crippen molar-refractivity contribution in [1.82, 2.24) is 10.6 Å². The quantitative estimate of drug-likeness (QED) is 0.566. The average molecular weight is 362 g/mol. The van der Waals surface area contributed by atoms with Gasteiger partial charge >= 0.3 is 18.4 Å². The van der Waals surface area contributed by atoms with E-state index in [9.17, 15) is 27.9 Å². The first-order chi connectivity index (χ1) is 11.5. The second kappa shape index (κ2) is 6.79. The molecule has 1 fully saturated rings. The van der Waals surface area contributed by atoms with Crippen molar-refractivity contribution in [1.29, 1.82) is 0 Å². The molecule has 1 aromatic rings. The summed E-state index contributed by atoms with van der Waals surface area (Å²) in [5.74, 6) is 0. The number of rotatable bonds is 3. The van der Waals surface area contributed by atoms with E-state index in [0.29, 0.717) is 0 Å². The van der Waals surface area contributed by atoms with Gasteiger partial charge in [-0.3, -0.25) is 0 Å². The third-order valence-electron chi connectivity index (χ3n) is 4.26. The minimum atomic E-state index is -4.58. The third kappa shape index (κ3) is 4.53. The zero-order valence-corrected chi connectivity index (χ0v) is 12.9. The smallest absolute Gasteiger partial charge is 0.416 e. The van der Waals surface area contributed by atoms with Crippen molar-refractivity contribution >= 4 is 12.2 Å². The summed E-state index contributed by atoms with van der Waals surface area (Å²) in [6, 6.07) is 2.41. The van der Waals surface area contributed by atoms with E-state index in [1.165, 1.54) is 6.07 Å². The highest BCUT2D eigenvalue weighted by atomic mass is 19.4. The molecule has 0 unspecified atom stereocenters. The summed E-state index contributed by atoms with van der Waals surface area (Å²) in [6.45, 7) is 0. The Morgan fingerprint density at radius 1 is 1.12 bits per heavy atom. The highest BCUT2D eigenvalue weighted by Gasteiger charge is 2.43. The van der Waals surface area contributed by atoms with E-state index in [0.717, 1.165) is 18.2 Å². The fraction of sp³-hybridized carbons (Fsp3) is 0.467. The van der Waals surface area contributed by atoms with Gasteiger partial charge in [0.1, 0.15) is 0 Å². The van der Waals surface area contributed by atoms with Gasteiger partial charge in [-0.25, -0.2) is 9.59 Å². The number of aliphatic hydroxyl groups is 1. The normalized spacial score (nSPS) is 26.7. The number of nitrogens with one attached hydrogen (secondary N) is 2. The number of carbonyl (C=O) groups is 2. The van der Waals surface area contributed by atoms with Gasteiger partial charge in [-0.2, -0.15) is 13.2 Å². The van der Waals surface area contributed by atoms with Crippen LogP contribution in [0.1, 0.15) is 30.4 Å². The maximum Gasteiger partial charge on any atom is 0.416 e. The molecule has 25 heavy (non-hydrogen) atoms. The molecule has 1 aromatic carbocycles. The predicted octanol–water partition coefficient (Wildman–Crippen LogP) is 2.35. The van der Waals surface area contributed by atoms with E-state index in [-0.39, 0.29) is 24.8 Å². The molecular formula is C15H17F3N2O5. The topological polar surface area (TPSA) is 119 Å². The Morgan fingerprint density at radius 3 is 2.28 bits per heavy atom. The van der Waals surface area contributed by atoms with Crippen LogP contribution in [0.3, 0.4) is 0 Å². The van der Waals surface area contributed by atoms with Crippen LogP contribution < -0.4 is 10.6 Å². The van der Waals surface area contributed by atoms with Gasteiger partial charge in [0.25, 0.3) is 0 Å². The van der Waals surface area contributed by atoms with E-state index < -0.39 is 41.6 Å². The minimum absolute atomic E-state index is 0.00767. The Balaban J connectivity index is 2.29. The summed E-state index contributed by atoms with van der Waals surface area (Å²) in [5.41, 5.74) is -2.62. The maximum atomic E-state index is 12.9. The molecule has 1 aliphatic carbocycles. The summed E-state index contributed by atoms with van der Waals surface area (Å²) in [6.07, 6.45) is -7.57. The molecule has 138 valence electrons. The van der Waals surface area contributed by atoms with Crippen molar-refractivity contribution in [3.05, 3.63) is 35.4 Å². The Kier molecular flexibility index (Phi) is 5.12.